The van der Waals surface area contributed by atoms with Crippen molar-refractivity contribution < 1.29 is 28.2 Å². The van der Waals surface area contributed by atoms with Gasteiger partial charge in [0.2, 0.25) is 0 Å². The van der Waals surface area contributed by atoms with E-state index in [4.69, 9.17) is 17.3 Å². The lowest BCUT2D eigenvalue weighted by Crippen LogP contribution is -2.11. The van der Waals surface area contributed by atoms with Crippen LogP contribution in [-0.4, -0.2) is 31.0 Å². The number of carbonyl (C=O) groups is 2. The molecule has 12 nitrogen and oxygen atoms in total. The molecule has 0 spiro atoms. The molecule has 0 aliphatic rings. The van der Waals surface area contributed by atoms with Gasteiger partial charge in [-0.25, -0.2) is 18.7 Å². The SMILES string of the molecule is Nc1ncc([N+](=O)[O-])s1.O=C(Cl)c1ccc(F)cc1.O=C(Nc1ncc([N+](=O)[O-])s1)c1ccc(F)cc1. The lowest BCUT2D eigenvalue weighted by atomic mass is 10.2. The number of nitro groups is 2. The van der Waals surface area contributed by atoms with Crippen LogP contribution in [0.4, 0.5) is 29.0 Å². The molecule has 0 saturated heterocycles. The van der Waals surface area contributed by atoms with Gasteiger partial charge in [-0.2, -0.15) is 0 Å². The Bertz CT molecular complexity index is 1400. The number of nitrogens with one attached hydrogen (secondary N) is 1. The summed E-state index contributed by atoms with van der Waals surface area (Å²) in [6.45, 7) is 0. The molecule has 2 aromatic carbocycles. The van der Waals surface area contributed by atoms with Crippen molar-refractivity contribution >= 4 is 65.7 Å². The third kappa shape index (κ3) is 9.63. The zero-order valence-electron chi connectivity index (χ0n) is 18.0. The number of anilines is 2. The number of nitrogens with two attached hydrogens (primary N) is 1. The van der Waals surface area contributed by atoms with Gasteiger partial charge in [0.25, 0.3) is 11.1 Å². The lowest BCUT2D eigenvalue weighted by Gasteiger charge is -2.00. The Labute approximate surface area is 218 Å². The summed E-state index contributed by atoms with van der Waals surface area (Å²) in [7, 11) is 0. The highest BCUT2D eigenvalue weighted by Gasteiger charge is 2.14. The molecule has 4 rings (SSSR count). The monoisotopic (exact) mass is 570 g/mol. The summed E-state index contributed by atoms with van der Waals surface area (Å²) in [5.41, 5.74) is 5.67. The zero-order chi connectivity index (χ0) is 27.5. The van der Waals surface area contributed by atoms with E-state index < -0.39 is 26.8 Å². The van der Waals surface area contributed by atoms with E-state index in [-0.39, 0.29) is 31.6 Å². The number of benzene rings is 2. The average molecular weight is 571 g/mol. The summed E-state index contributed by atoms with van der Waals surface area (Å²) < 4.78 is 24.8. The molecule has 2 heterocycles. The van der Waals surface area contributed by atoms with Gasteiger partial charge in [-0.15, -0.1) is 0 Å². The number of hydrogen-bond acceptors (Lipinski definition) is 11. The summed E-state index contributed by atoms with van der Waals surface area (Å²) in [5, 5.41) is 22.4. The van der Waals surface area contributed by atoms with Crippen molar-refractivity contribution in [1.29, 1.82) is 0 Å². The quantitative estimate of drug-likeness (QED) is 0.183. The Balaban J connectivity index is 0.000000214. The molecule has 0 unspecified atom stereocenters. The van der Waals surface area contributed by atoms with Crippen LogP contribution in [-0.2, 0) is 0 Å². The Hall–Kier alpha value is -4.41. The summed E-state index contributed by atoms with van der Waals surface area (Å²) in [6, 6.07) is 9.98. The van der Waals surface area contributed by atoms with E-state index in [0.717, 1.165) is 47.2 Å². The molecule has 0 radical (unpaired) electrons. The van der Waals surface area contributed by atoms with Gasteiger partial charge in [0.1, 0.15) is 24.0 Å². The highest BCUT2D eigenvalue weighted by molar-refractivity contribution is 7.19. The second kappa shape index (κ2) is 13.6. The van der Waals surface area contributed by atoms with E-state index >= 15 is 0 Å². The molecule has 0 atom stereocenters. The van der Waals surface area contributed by atoms with Gasteiger partial charge in [0, 0.05) is 11.1 Å². The Morgan fingerprint density at radius 1 is 0.838 bits per heavy atom. The molecule has 0 aliphatic heterocycles. The molecule has 192 valence electrons. The molecular formula is C20H13ClF2N6O6S2. The van der Waals surface area contributed by atoms with Gasteiger partial charge in [-0.1, -0.05) is 0 Å². The van der Waals surface area contributed by atoms with E-state index in [1.807, 2.05) is 0 Å². The van der Waals surface area contributed by atoms with Crippen LogP contribution in [0.1, 0.15) is 20.7 Å². The van der Waals surface area contributed by atoms with Crippen molar-refractivity contribution in [1.82, 2.24) is 9.97 Å². The van der Waals surface area contributed by atoms with Crippen molar-refractivity contribution in [2.45, 2.75) is 0 Å². The maximum absolute atomic E-state index is 12.7. The predicted molar refractivity (Wildman–Crippen MR) is 133 cm³/mol. The van der Waals surface area contributed by atoms with Crippen LogP contribution in [0.3, 0.4) is 0 Å². The topological polar surface area (TPSA) is 184 Å². The van der Waals surface area contributed by atoms with Crippen LogP contribution in [0.2, 0.25) is 0 Å². The van der Waals surface area contributed by atoms with Crippen LogP contribution in [0, 0.1) is 31.9 Å². The van der Waals surface area contributed by atoms with Crippen molar-refractivity contribution in [2.75, 3.05) is 11.1 Å². The van der Waals surface area contributed by atoms with E-state index in [9.17, 15) is 38.6 Å². The average Bonchev–Trinajstić information content (AvgIpc) is 3.50. The largest absolute Gasteiger partial charge is 0.375 e. The predicted octanol–water partition coefficient (Wildman–Crippen LogP) is 5.28. The minimum absolute atomic E-state index is 0.0208. The fraction of sp³-hybridized carbons (Fsp3) is 0. The first-order valence-electron chi connectivity index (χ1n) is 9.44. The van der Waals surface area contributed by atoms with Gasteiger partial charge >= 0.3 is 10.0 Å². The molecule has 37 heavy (non-hydrogen) atoms. The van der Waals surface area contributed by atoms with Crippen molar-refractivity contribution in [3.8, 4) is 0 Å². The van der Waals surface area contributed by atoms with Crippen molar-refractivity contribution in [3.63, 3.8) is 0 Å². The van der Waals surface area contributed by atoms with Crippen LogP contribution >= 0.6 is 34.3 Å². The van der Waals surface area contributed by atoms with Crippen molar-refractivity contribution in [2.24, 2.45) is 0 Å². The van der Waals surface area contributed by atoms with E-state index in [2.05, 4.69) is 15.3 Å². The zero-order valence-corrected chi connectivity index (χ0v) is 20.4. The van der Waals surface area contributed by atoms with Gasteiger partial charge < -0.3 is 5.73 Å². The van der Waals surface area contributed by atoms with Crippen LogP contribution in [0.25, 0.3) is 0 Å². The minimum atomic E-state index is -0.592. The number of hydrogen-bond donors (Lipinski definition) is 2. The first kappa shape index (κ1) is 28.8. The number of aromatic nitrogens is 2. The summed E-state index contributed by atoms with van der Waals surface area (Å²) in [6.07, 6.45) is 2.20. The van der Waals surface area contributed by atoms with Crippen LogP contribution in [0.5, 0.6) is 0 Å². The Morgan fingerprint density at radius 2 is 1.30 bits per heavy atom. The first-order chi connectivity index (χ1) is 17.5. The molecule has 4 aromatic rings. The Kier molecular flexibility index (Phi) is 10.6. The van der Waals surface area contributed by atoms with E-state index in [0.29, 0.717) is 5.56 Å². The highest BCUT2D eigenvalue weighted by atomic mass is 35.5. The van der Waals surface area contributed by atoms with Gasteiger partial charge in [-0.3, -0.25) is 35.1 Å². The van der Waals surface area contributed by atoms with Crippen LogP contribution < -0.4 is 11.1 Å². The number of nitrogens with zero attached hydrogens (tertiary/aromatic N) is 4. The maximum atomic E-state index is 12.7. The smallest absolute Gasteiger partial charge is 0.345 e. The standard InChI is InChI=1S/C10H6FN3O3S.C7H4ClFO.C3H3N3O2S/c11-7-3-1-6(2-4-7)9(15)13-10-12-5-8(18-10)14(16)17;8-7(10)5-1-3-6(9)4-2-5;4-3-5-1-2(9-3)6(7)8/h1-5H,(H,12,13,15);1-4H;1H,(H2,4,5). The molecule has 0 saturated carbocycles. The lowest BCUT2D eigenvalue weighted by molar-refractivity contribution is -0.380. The maximum Gasteiger partial charge on any atom is 0.345 e. The summed E-state index contributed by atoms with van der Waals surface area (Å²) in [4.78, 5) is 48.5. The number of thiazole rings is 2. The fourth-order valence-corrected chi connectivity index (χ4v) is 3.38. The number of nitrogen functional groups attached to an aromatic ring is 1. The molecular weight excluding hydrogens is 558 g/mol. The van der Waals surface area contributed by atoms with Crippen molar-refractivity contribution in [3.05, 3.63) is 104 Å². The molecule has 0 aliphatic carbocycles. The summed E-state index contributed by atoms with van der Waals surface area (Å²) >= 11 is 6.71. The van der Waals surface area contributed by atoms with Gasteiger partial charge in [0.15, 0.2) is 10.3 Å². The first-order valence-corrected chi connectivity index (χ1v) is 11.5. The number of carbonyl (C=O) groups excluding carboxylic acids is 2. The minimum Gasteiger partial charge on any atom is -0.375 e. The fourth-order valence-electron chi connectivity index (χ4n) is 2.12. The Morgan fingerprint density at radius 3 is 1.68 bits per heavy atom. The number of halogens is 3. The summed E-state index contributed by atoms with van der Waals surface area (Å²) in [5.74, 6) is -1.32. The third-order valence-electron chi connectivity index (χ3n) is 3.76. The second-order valence-electron chi connectivity index (χ2n) is 6.30. The molecule has 1 amide bonds. The third-order valence-corrected chi connectivity index (χ3v) is 5.62. The highest BCUT2D eigenvalue weighted by Crippen LogP contribution is 2.25. The number of rotatable bonds is 5. The van der Waals surface area contributed by atoms with Gasteiger partial charge in [0.05, 0.1) is 9.85 Å². The second-order valence-corrected chi connectivity index (χ2v) is 8.69. The molecule has 2 aromatic heterocycles. The normalized spacial score (nSPS) is 9.70. The van der Waals surface area contributed by atoms with E-state index in [1.165, 1.54) is 36.4 Å². The molecule has 3 N–H and O–H groups in total. The van der Waals surface area contributed by atoms with Gasteiger partial charge in [-0.05, 0) is 82.8 Å². The van der Waals surface area contributed by atoms with Crippen LogP contribution in [0.15, 0.2) is 60.9 Å². The molecule has 17 heteroatoms. The molecule has 0 fully saturated rings. The molecule has 0 bridgehead atoms. The number of amides is 1. The van der Waals surface area contributed by atoms with E-state index in [1.54, 1.807) is 0 Å².